The molecule has 57 heavy (non-hydrogen) atoms. The largest absolute Gasteiger partial charge is 0.493 e. The van der Waals surface area contributed by atoms with Gasteiger partial charge in [0.15, 0.2) is 5.17 Å². The van der Waals surface area contributed by atoms with Gasteiger partial charge in [-0.15, -0.1) is 0 Å². The lowest BCUT2D eigenvalue weighted by Gasteiger charge is -2.14. The van der Waals surface area contributed by atoms with Crippen LogP contribution in [-0.2, 0) is 12.3 Å². The second-order valence-corrected chi connectivity index (χ2v) is 17.5. The molecular weight excluding hydrogens is 717 g/mol. The molecule has 0 fully saturated rings. The van der Waals surface area contributed by atoms with Crippen LogP contribution in [0.4, 0.5) is 0 Å². The summed E-state index contributed by atoms with van der Waals surface area (Å²) < 4.78 is 12.7. The smallest absolute Gasteiger partial charge is 0.156 e. The molecular formula is C52H84N2O2S. The lowest BCUT2D eigenvalue weighted by Crippen LogP contribution is -2.20. The van der Waals surface area contributed by atoms with Gasteiger partial charge in [-0.2, -0.15) is 0 Å². The Hall–Kier alpha value is -2.66. The molecule has 0 unspecified atom stereocenters. The summed E-state index contributed by atoms with van der Waals surface area (Å²) >= 11 is 1.74. The highest BCUT2D eigenvalue weighted by Crippen LogP contribution is 2.27. The lowest BCUT2D eigenvalue weighted by atomic mass is 10.0. The monoisotopic (exact) mass is 801 g/mol. The molecule has 0 aromatic heterocycles. The van der Waals surface area contributed by atoms with E-state index in [1.807, 2.05) is 7.05 Å². The number of benzene rings is 3. The zero-order chi connectivity index (χ0) is 40.3. The summed E-state index contributed by atoms with van der Waals surface area (Å²) in [4.78, 5) is 4.58. The van der Waals surface area contributed by atoms with Crippen molar-refractivity contribution in [1.82, 2.24) is 5.32 Å². The van der Waals surface area contributed by atoms with Crippen molar-refractivity contribution in [2.45, 2.75) is 206 Å². The fourth-order valence-corrected chi connectivity index (χ4v) is 8.50. The topological polar surface area (TPSA) is 42.8 Å². The average Bonchev–Trinajstić information content (AvgIpc) is 3.23. The molecule has 0 aliphatic rings. The number of ether oxygens (including phenoxy) is 2. The van der Waals surface area contributed by atoms with E-state index in [2.05, 4.69) is 84.8 Å². The van der Waals surface area contributed by atoms with E-state index >= 15 is 0 Å². The first kappa shape index (κ1) is 48.7. The van der Waals surface area contributed by atoms with Crippen molar-refractivity contribution in [3.63, 3.8) is 0 Å². The van der Waals surface area contributed by atoms with E-state index in [9.17, 15) is 0 Å². The number of rotatable bonds is 36. The molecule has 5 heteroatoms. The fraction of sp³-hybridized carbons (Fsp3) is 0.673. The molecule has 3 aromatic carbocycles. The van der Waals surface area contributed by atoms with Crippen molar-refractivity contribution in [3.8, 4) is 11.5 Å². The maximum absolute atomic E-state index is 6.36. The minimum Gasteiger partial charge on any atom is -0.493 e. The summed E-state index contributed by atoms with van der Waals surface area (Å²) in [5, 5.41) is 7.06. The van der Waals surface area contributed by atoms with Gasteiger partial charge in [0.2, 0.25) is 0 Å². The Labute approximate surface area is 355 Å². The number of amidine groups is 1. The summed E-state index contributed by atoms with van der Waals surface area (Å²) in [7, 11) is 1.87. The number of fused-ring (bicyclic) bond motifs is 1. The van der Waals surface area contributed by atoms with Gasteiger partial charge in [-0.3, -0.25) is 4.99 Å². The SMILES string of the molecule is CCCCCCCCCCCCCCCCOc1cc(CSC(=NC)NCc2ccc3ccccc3c2)cc(OCCCCCCCCCCCCCCCC)c1. The Morgan fingerprint density at radius 3 is 1.33 bits per heavy atom. The summed E-state index contributed by atoms with van der Waals surface area (Å²) in [6.45, 7) is 6.88. The Kier molecular flexibility index (Phi) is 29.2. The first-order chi connectivity index (χ1) is 28.2. The minimum absolute atomic E-state index is 0.750. The standard InChI is InChI=1S/C52H84N2O2S/c1-4-6-8-10-12-14-16-18-20-22-24-26-28-32-38-55-50-41-47(45-57-52(53-3)54-44-46-36-37-48-34-30-31-35-49(48)40-46)42-51(43-50)56-39-33-29-27-25-23-21-19-17-15-13-11-9-7-5-2/h30-31,34-37,40-43H,4-29,32-33,38-39,44-45H2,1-3H3,(H,53,54). The van der Waals surface area contributed by atoms with Gasteiger partial charge >= 0.3 is 0 Å². The van der Waals surface area contributed by atoms with E-state index in [1.54, 1.807) is 11.8 Å². The number of unbranched alkanes of at least 4 members (excludes halogenated alkanes) is 26. The van der Waals surface area contributed by atoms with E-state index in [0.29, 0.717) is 0 Å². The first-order valence-electron chi connectivity index (χ1n) is 23.9. The van der Waals surface area contributed by atoms with Crippen LogP contribution in [0.3, 0.4) is 0 Å². The van der Waals surface area contributed by atoms with E-state index < -0.39 is 0 Å². The average molecular weight is 801 g/mol. The summed E-state index contributed by atoms with van der Waals surface area (Å²) in [6, 6.07) is 21.7. The molecule has 0 saturated heterocycles. The van der Waals surface area contributed by atoms with E-state index in [-0.39, 0.29) is 0 Å². The van der Waals surface area contributed by atoms with Crippen molar-refractivity contribution in [2.24, 2.45) is 4.99 Å². The number of nitrogens with one attached hydrogen (secondary N) is 1. The number of aliphatic imine (C=N–C) groups is 1. The van der Waals surface area contributed by atoms with Crippen molar-refractivity contribution in [3.05, 3.63) is 71.8 Å². The molecule has 0 bridgehead atoms. The maximum atomic E-state index is 6.36. The van der Waals surface area contributed by atoms with E-state index in [1.165, 1.54) is 189 Å². The molecule has 4 nitrogen and oxygen atoms in total. The third-order valence-corrected chi connectivity index (χ3v) is 12.4. The number of nitrogens with zero attached hydrogens (tertiary/aromatic N) is 1. The van der Waals surface area contributed by atoms with Gasteiger partial charge < -0.3 is 14.8 Å². The molecule has 1 N–H and O–H groups in total. The van der Waals surface area contributed by atoms with Crippen LogP contribution in [0.15, 0.2) is 65.7 Å². The van der Waals surface area contributed by atoms with Crippen LogP contribution in [0.5, 0.6) is 11.5 Å². The zero-order valence-corrected chi connectivity index (χ0v) is 37.9. The molecule has 0 aliphatic carbocycles. The van der Waals surface area contributed by atoms with Gasteiger partial charge in [0.1, 0.15) is 11.5 Å². The Balaban J connectivity index is 1.36. The van der Waals surface area contributed by atoms with Crippen molar-refractivity contribution in [1.29, 1.82) is 0 Å². The third-order valence-electron chi connectivity index (χ3n) is 11.3. The van der Waals surface area contributed by atoms with E-state index in [0.717, 1.165) is 55.0 Å². The Morgan fingerprint density at radius 2 is 0.895 bits per heavy atom. The van der Waals surface area contributed by atoms with Gasteiger partial charge in [-0.25, -0.2) is 0 Å². The Morgan fingerprint density at radius 1 is 0.474 bits per heavy atom. The summed E-state index contributed by atoms with van der Waals surface area (Å²) in [5.41, 5.74) is 2.47. The van der Waals surface area contributed by atoms with Crippen LogP contribution < -0.4 is 14.8 Å². The second-order valence-electron chi connectivity index (χ2n) is 16.6. The molecule has 0 amide bonds. The highest BCUT2D eigenvalue weighted by atomic mass is 32.2. The van der Waals surface area contributed by atoms with Gasteiger partial charge in [0.05, 0.1) is 13.2 Å². The van der Waals surface area contributed by atoms with E-state index in [4.69, 9.17) is 9.47 Å². The molecule has 0 atom stereocenters. The number of hydrogen-bond donors (Lipinski definition) is 1. The second kappa shape index (κ2) is 34.2. The molecule has 0 spiro atoms. The van der Waals surface area contributed by atoms with Gasteiger partial charge in [-0.05, 0) is 52.9 Å². The van der Waals surface area contributed by atoms with Gasteiger partial charge in [-0.1, -0.05) is 229 Å². The quantitative estimate of drug-likeness (QED) is 0.0361. The molecule has 3 aromatic rings. The Bertz CT molecular complexity index is 1370. The highest BCUT2D eigenvalue weighted by molar-refractivity contribution is 8.13. The number of thioether (sulfide) groups is 1. The predicted molar refractivity (Wildman–Crippen MR) is 253 cm³/mol. The maximum Gasteiger partial charge on any atom is 0.156 e. The normalized spacial score (nSPS) is 11.7. The highest BCUT2D eigenvalue weighted by Gasteiger charge is 2.08. The minimum atomic E-state index is 0.750. The van der Waals surface area contributed by atoms with Crippen LogP contribution in [0, 0.1) is 0 Å². The molecule has 3 rings (SSSR count). The lowest BCUT2D eigenvalue weighted by molar-refractivity contribution is 0.289. The molecule has 0 radical (unpaired) electrons. The molecule has 0 heterocycles. The summed E-state index contributed by atoms with van der Waals surface area (Å²) in [6.07, 6.45) is 38.3. The number of hydrogen-bond acceptors (Lipinski definition) is 4. The van der Waals surface area contributed by atoms with Crippen molar-refractivity contribution >= 4 is 27.7 Å². The van der Waals surface area contributed by atoms with Crippen LogP contribution in [0.25, 0.3) is 10.8 Å². The molecule has 0 saturated carbocycles. The van der Waals surface area contributed by atoms with Crippen LogP contribution in [-0.4, -0.2) is 25.4 Å². The summed E-state index contributed by atoms with van der Waals surface area (Å²) in [5.74, 6) is 2.67. The van der Waals surface area contributed by atoms with Gasteiger partial charge in [0, 0.05) is 25.4 Å². The zero-order valence-electron chi connectivity index (χ0n) is 37.1. The van der Waals surface area contributed by atoms with Crippen LogP contribution in [0.1, 0.15) is 205 Å². The molecule has 0 aliphatic heterocycles. The fourth-order valence-electron chi connectivity index (χ4n) is 7.73. The van der Waals surface area contributed by atoms with Crippen LogP contribution in [0.2, 0.25) is 0 Å². The first-order valence-corrected chi connectivity index (χ1v) is 24.9. The van der Waals surface area contributed by atoms with Crippen molar-refractivity contribution in [2.75, 3.05) is 20.3 Å². The van der Waals surface area contributed by atoms with Crippen molar-refractivity contribution < 1.29 is 9.47 Å². The predicted octanol–water partition coefficient (Wildman–Crippen LogP) is 16.6. The molecule has 320 valence electrons. The van der Waals surface area contributed by atoms with Crippen LogP contribution >= 0.6 is 11.8 Å². The van der Waals surface area contributed by atoms with Gasteiger partial charge in [0.25, 0.3) is 0 Å². The third kappa shape index (κ3) is 24.8.